The van der Waals surface area contributed by atoms with Gasteiger partial charge in [-0.25, -0.2) is 4.79 Å². The number of hydrogen-bond donors (Lipinski definition) is 1. The zero-order valence-corrected chi connectivity index (χ0v) is 15.9. The van der Waals surface area contributed by atoms with Crippen molar-refractivity contribution in [1.82, 2.24) is 10.2 Å². The van der Waals surface area contributed by atoms with Gasteiger partial charge in [-0.3, -0.25) is 0 Å². The minimum Gasteiger partial charge on any atom is -0.464 e. The van der Waals surface area contributed by atoms with Crippen molar-refractivity contribution in [3.05, 3.63) is 54.0 Å². The number of hydrogen-bond acceptors (Lipinski definition) is 3. The molecule has 2 aromatic rings. The van der Waals surface area contributed by atoms with E-state index in [1.165, 1.54) is 5.69 Å². The van der Waals surface area contributed by atoms with E-state index in [0.29, 0.717) is 6.54 Å². The fraction of sp³-hybridized carbons (Fsp3) is 0.476. The van der Waals surface area contributed by atoms with Gasteiger partial charge in [-0.05, 0) is 57.9 Å². The minimum absolute atomic E-state index is 0.0195. The first-order valence-electron chi connectivity index (χ1n) is 9.45. The van der Waals surface area contributed by atoms with Crippen molar-refractivity contribution in [2.24, 2.45) is 0 Å². The van der Waals surface area contributed by atoms with Crippen molar-refractivity contribution in [1.29, 1.82) is 0 Å². The van der Waals surface area contributed by atoms with Crippen LogP contribution in [0.2, 0.25) is 0 Å². The number of amides is 2. The molecule has 140 valence electrons. The Balaban J connectivity index is 1.61. The van der Waals surface area contributed by atoms with Gasteiger partial charge in [0.2, 0.25) is 0 Å². The van der Waals surface area contributed by atoms with Gasteiger partial charge in [-0.1, -0.05) is 18.2 Å². The molecule has 1 aliphatic heterocycles. The van der Waals surface area contributed by atoms with Gasteiger partial charge in [0.1, 0.15) is 11.5 Å². The predicted molar refractivity (Wildman–Crippen MR) is 104 cm³/mol. The monoisotopic (exact) mass is 355 g/mol. The number of nitrogens with one attached hydrogen (secondary N) is 1. The highest BCUT2D eigenvalue weighted by atomic mass is 16.3. The predicted octanol–water partition coefficient (Wildman–Crippen LogP) is 4.18. The average molecular weight is 355 g/mol. The molecule has 0 spiro atoms. The maximum absolute atomic E-state index is 12.9. The molecule has 1 atom stereocenters. The molecule has 1 aromatic carbocycles. The molecule has 0 aliphatic carbocycles. The Hall–Kier alpha value is -2.43. The van der Waals surface area contributed by atoms with Crippen LogP contribution in [0.15, 0.2) is 46.9 Å². The standard InChI is InChI=1S/C21H29N3O2/c1-16(2)24(15-20-12-11-17(3)26-20)21(25)22-18-8-7-13-23(14-18)19-9-5-4-6-10-19/h4-6,9-12,16,18H,7-8,13-15H2,1-3H3,(H,22,25). The summed E-state index contributed by atoms with van der Waals surface area (Å²) >= 11 is 0. The number of rotatable bonds is 5. The number of benzene rings is 1. The Labute approximate surface area is 156 Å². The largest absolute Gasteiger partial charge is 0.464 e. The van der Waals surface area contributed by atoms with Crippen LogP contribution in [0, 0.1) is 6.92 Å². The van der Waals surface area contributed by atoms with E-state index in [9.17, 15) is 4.79 Å². The third-order valence-electron chi connectivity index (χ3n) is 4.88. The van der Waals surface area contributed by atoms with Gasteiger partial charge in [0.15, 0.2) is 0 Å². The Morgan fingerprint density at radius 2 is 2.04 bits per heavy atom. The molecule has 1 N–H and O–H groups in total. The summed E-state index contributed by atoms with van der Waals surface area (Å²) < 4.78 is 5.65. The molecule has 1 aliphatic rings. The molecule has 5 nitrogen and oxygen atoms in total. The number of carbonyl (C=O) groups is 1. The molecule has 1 unspecified atom stereocenters. The normalized spacial score (nSPS) is 17.4. The molecule has 2 heterocycles. The highest BCUT2D eigenvalue weighted by molar-refractivity contribution is 5.75. The number of urea groups is 1. The molecular formula is C21H29N3O2. The van der Waals surface area contributed by atoms with Crippen molar-refractivity contribution in [2.75, 3.05) is 18.0 Å². The summed E-state index contributed by atoms with van der Waals surface area (Å²) in [5.41, 5.74) is 1.22. The Bertz CT molecular complexity index is 711. The number of aryl methyl sites for hydroxylation is 1. The smallest absolute Gasteiger partial charge is 0.318 e. The second-order valence-corrected chi connectivity index (χ2v) is 7.30. The highest BCUT2D eigenvalue weighted by Gasteiger charge is 2.25. The highest BCUT2D eigenvalue weighted by Crippen LogP contribution is 2.20. The number of furan rings is 1. The van der Waals surface area contributed by atoms with Crippen molar-refractivity contribution >= 4 is 11.7 Å². The van der Waals surface area contributed by atoms with Gasteiger partial charge in [0, 0.05) is 30.9 Å². The molecule has 0 saturated carbocycles. The van der Waals surface area contributed by atoms with E-state index in [0.717, 1.165) is 37.5 Å². The second-order valence-electron chi connectivity index (χ2n) is 7.30. The zero-order valence-electron chi connectivity index (χ0n) is 15.9. The zero-order chi connectivity index (χ0) is 18.5. The Morgan fingerprint density at radius 3 is 2.69 bits per heavy atom. The number of para-hydroxylation sites is 1. The number of nitrogens with zero attached hydrogens (tertiary/aromatic N) is 2. The first-order chi connectivity index (χ1) is 12.5. The van der Waals surface area contributed by atoms with Crippen LogP contribution in [0.3, 0.4) is 0 Å². The Kier molecular flexibility index (Phi) is 5.86. The molecular weight excluding hydrogens is 326 g/mol. The van der Waals surface area contributed by atoms with Crippen LogP contribution >= 0.6 is 0 Å². The topological polar surface area (TPSA) is 48.7 Å². The minimum atomic E-state index is -0.0195. The van der Waals surface area contributed by atoms with Gasteiger partial charge in [-0.2, -0.15) is 0 Å². The summed E-state index contributed by atoms with van der Waals surface area (Å²) in [4.78, 5) is 17.0. The van der Waals surface area contributed by atoms with Crippen molar-refractivity contribution in [3.8, 4) is 0 Å². The van der Waals surface area contributed by atoms with E-state index in [-0.39, 0.29) is 18.1 Å². The van der Waals surface area contributed by atoms with Gasteiger partial charge >= 0.3 is 6.03 Å². The van der Waals surface area contributed by atoms with E-state index >= 15 is 0 Å². The van der Waals surface area contributed by atoms with Crippen molar-refractivity contribution in [3.63, 3.8) is 0 Å². The lowest BCUT2D eigenvalue weighted by Crippen LogP contribution is -2.52. The van der Waals surface area contributed by atoms with Crippen molar-refractivity contribution in [2.45, 2.75) is 52.2 Å². The van der Waals surface area contributed by atoms with Gasteiger partial charge in [-0.15, -0.1) is 0 Å². The summed E-state index contributed by atoms with van der Waals surface area (Å²) in [6, 6.07) is 14.5. The van der Waals surface area contributed by atoms with Crippen LogP contribution in [0.5, 0.6) is 0 Å². The SMILES string of the molecule is Cc1ccc(CN(C(=O)NC2CCCN(c3ccccc3)C2)C(C)C)o1. The van der Waals surface area contributed by atoms with E-state index in [4.69, 9.17) is 4.42 Å². The number of piperidine rings is 1. The number of anilines is 1. The third kappa shape index (κ3) is 4.59. The third-order valence-corrected chi connectivity index (χ3v) is 4.88. The summed E-state index contributed by atoms with van der Waals surface area (Å²) in [7, 11) is 0. The Morgan fingerprint density at radius 1 is 1.27 bits per heavy atom. The first-order valence-corrected chi connectivity index (χ1v) is 9.45. The van der Waals surface area contributed by atoms with Crippen LogP contribution in [0.1, 0.15) is 38.2 Å². The summed E-state index contributed by atoms with van der Waals surface area (Å²) in [6.45, 7) is 8.37. The lowest BCUT2D eigenvalue weighted by Gasteiger charge is -2.36. The maximum atomic E-state index is 12.9. The molecule has 0 radical (unpaired) electrons. The van der Waals surface area contributed by atoms with Crippen LogP contribution in [-0.4, -0.2) is 36.1 Å². The maximum Gasteiger partial charge on any atom is 0.318 e. The lowest BCUT2D eigenvalue weighted by atomic mass is 10.0. The van der Waals surface area contributed by atoms with E-state index in [1.807, 2.05) is 43.9 Å². The summed E-state index contributed by atoms with van der Waals surface area (Å²) in [6.07, 6.45) is 2.10. The van der Waals surface area contributed by atoms with Crippen molar-refractivity contribution < 1.29 is 9.21 Å². The lowest BCUT2D eigenvalue weighted by molar-refractivity contribution is 0.168. The molecule has 26 heavy (non-hydrogen) atoms. The molecule has 1 fully saturated rings. The molecule has 1 aromatic heterocycles. The van der Waals surface area contributed by atoms with Crippen LogP contribution in [0.25, 0.3) is 0 Å². The molecule has 3 rings (SSSR count). The summed E-state index contributed by atoms with van der Waals surface area (Å²) in [5, 5.41) is 3.23. The molecule has 2 amide bonds. The van der Waals surface area contributed by atoms with Crippen LogP contribution in [0.4, 0.5) is 10.5 Å². The molecule has 5 heteroatoms. The van der Waals surface area contributed by atoms with Crippen LogP contribution < -0.4 is 10.2 Å². The second kappa shape index (κ2) is 8.30. The average Bonchev–Trinajstić information content (AvgIpc) is 3.05. The van der Waals surface area contributed by atoms with Gasteiger partial charge < -0.3 is 19.5 Å². The fourth-order valence-corrected chi connectivity index (χ4v) is 3.45. The number of carbonyl (C=O) groups excluding carboxylic acids is 1. The van der Waals surface area contributed by atoms with Gasteiger partial charge in [0.25, 0.3) is 0 Å². The fourth-order valence-electron chi connectivity index (χ4n) is 3.45. The van der Waals surface area contributed by atoms with E-state index < -0.39 is 0 Å². The first kappa shape index (κ1) is 18.4. The van der Waals surface area contributed by atoms with Gasteiger partial charge in [0.05, 0.1) is 6.54 Å². The molecule has 0 bridgehead atoms. The van der Waals surface area contributed by atoms with E-state index in [2.05, 4.69) is 34.5 Å². The van der Waals surface area contributed by atoms with E-state index in [1.54, 1.807) is 0 Å². The quantitative estimate of drug-likeness (QED) is 0.875. The summed E-state index contributed by atoms with van der Waals surface area (Å²) in [5.74, 6) is 1.69. The van der Waals surface area contributed by atoms with Crippen LogP contribution in [-0.2, 0) is 6.54 Å². The molecule has 1 saturated heterocycles.